The molecule has 1 atom stereocenters. The van der Waals surface area contributed by atoms with Crippen molar-refractivity contribution in [3.05, 3.63) is 23.8 Å². The van der Waals surface area contributed by atoms with E-state index in [1.807, 2.05) is 0 Å². The van der Waals surface area contributed by atoms with Gasteiger partial charge < -0.3 is 4.74 Å². The SMILES string of the molecule is C1=CCC2CCOCC2=C1. The predicted molar refractivity (Wildman–Crippen MR) is 40.8 cm³/mol. The Bertz CT molecular complexity index is 179. The van der Waals surface area contributed by atoms with Crippen LogP contribution in [-0.4, -0.2) is 13.2 Å². The fourth-order valence-corrected chi connectivity index (χ4v) is 1.61. The molecule has 0 aromatic heterocycles. The molecule has 0 aromatic carbocycles. The highest BCUT2D eigenvalue weighted by Gasteiger charge is 2.18. The molecule has 2 rings (SSSR count). The topological polar surface area (TPSA) is 9.23 Å². The molecule has 54 valence electrons. The Balaban J connectivity index is 2.14. The Hall–Kier alpha value is -0.560. The zero-order chi connectivity index (χ0) is 6.81. The fraction of sp³-hybridized carbons (Fsp3) is 0.556. The molecule has 1 unspecified atom stereocenters. The van der Waals surface area contributed by atoms with Crippen LogP contribution in [0.25, 0.3) is 0 Å². The largest absolute Gasteiger partial charge is 0.377 e. The van der Waals surface area contributed by atoms with Crippen LogP contribution in [0.2, 0.25) is 0 Å². The number of fused-ring (bicyclic) bond motifs is 1. The van der Waals surface area contributed by atoms with Crippen molar-refractivity contribution in [2.45, 2.75) is 12.8 Å². The van der Waals surface area contributed by atoms with Crippen molar-refractivity contribution in [3.8, 4) is 0 Å². The summed E-state index contributed by atoms with van der Waals surface area (Å²) in [5.74, 6) is 0.804. The smallest absolute Gasteiger partial charge is 0.0682 e. The third-order valence-corrected chi connectivity index (χ3v) is 2.27. The molecule has 1 heterocycles. The van der Waals surface area contributed by atoms with Gasteiger partial charge in [0.05, 0.1) is 6.61 Å². The summed E-state index contributed by atoms with van der Waals surface area (Å²) in [6.45, 7) is 1.82. The van der Waals surface area contributed by atoms with E-state index in [4.69, 9.17) is 4.74 Å². The molecule has 2 aliphatic rings. The molecule has 1 nitrogen and oxygen atoms in total. The van der Waals surface area contributed by atoms with Crippen LogP contribution >= 0.6 is 0 Å². The van der Waals surface area contributed by atoms with E-state index < -0.39 is 0 Å². The summed E-state index contributed by atoms with van der Waals surface area (Å²) in [4.78, 5) is 0. The van der Waals surface area contributed by atoms with Crippen molar-refractivity contribution < 1.29 is 4.74 Å². The lowest BCUT2D eigenvalue weighted by molar-refractivity contribution is 0.107. The standard InChI is InChI=1S/C9H12O/c1-2-4-9-7-10-6-5-8(9)3-1/h1-2,4,8H,3,5-7H2. The van der Waals surface area contributed by atoms with E-state index in [0.717, 1.165) is 19.1 Å². The normalized spacial score (nSPS) is 31.2. The summed E-state index contributed by atoms with van der Waals surface area (Å²) in [6, 6.07) is 0. The van der Waals surface area contributed by atoms with Crippen molar-refractivity contribution in [2.75, 3.05) is 13.2 Å². The van der Waals surface area contributed by atoms with Gasteiger partial charge in [-0.3, -0.25) is 0 Å². The highest BCUT2D eigenvalue weighted by Crippen LogP contribution is 2.27. The molecular formula is C9H12O. The van der Waals surface area contributed by atoms with Crippen molar-refractivity contribution >= 4 is 0 Å². The zero-order valence-electron chi connectivity index (χ0n) is 6.05. The van der Waals surface area contributed by atoms with Gasteiger partial charge in [0, 0.05) is 6.61 Å². The van der Waals surface area contributed by atoms with E-state index in [1.165, 1.54) is 18.4 Å². The van der Waals surface area contributed by atoms with E-state index in [1.54, 1.807) is 0 Å². The van der Waals surface area contributed by atoms with Crippen LogP contribution in [0, 0.1) is 5.92 Å². The Labute approximate surface area is 61.4 Å². The summed E-state index contributed by atoms with van der Waals surface area (Å²) < 4.78 is 5.34. The second-order valence-corrected chi connectivity index (χ2v) is 2.94. The van der Waals surface area contributed by atoms with Crippen molar-refractivity contribution in [1.29, 1.82) is 0 Å². The number of allylic oxidation sites excluding steroid dienone is 3. The van der Waals surface area contributed by atoms with Crippen LogP contribution < -0.4 is 0 Å². The maximum atomic E-state index is 5.34. The van der Waals surface area contributed by atoms with E-state index >= 15 is 0 Å². The van der Waals surface area contributed by atoms with Crippen molar-refractivity contribution in [1.82, 2.24) is 0 Å². The van der Waals surface area contributed by atoms with Crippen LogP contribution in [0.1, 0.15) is 12.8 Å². The van der Waals surface area contributed by atoms with Crippen LogP contribution in [-0.2, 0) is 4.74 Å². The molecule has 1 aliphatic heterocycles. The molecule has 10 heavy (non-hydrogen) atoms. The van der Waals surface area contributed by atoms with Crippen LogP contribution in [0.15, 0.2) is 23.8 Å². The molecule has 1 fully saturated rings. The molecular weight excluding hydrogens is 124 g/mol. The second-order valence-electron chi connectivity index (χ2n) is 2.94. The maximum absolute atomic E-state index is 5.34. The highest BCUT2D eigenvalue weighted by atomic mass is 16.5. The summed E-state index contributed by atoms with van der Waals surface area (Å²) in [5.41, 5.74) is 1.49. The van der Waals surface area contributed by atoms with Gasteiger partial charge in [0.15, 0.2) is 0 Å². The van der Waals surface area contributed by atoms with Crippen LogP contribution in [0.4, 0.5) is 0 Å². The average molecular weight is 136 g/mol. The minimum Gasteiger partial charge on any atom is -0.377 e. The number of hydrogen-bond acceptors (Lipinski definition) is 1. The molecule has 0 amide bonds. The number of ether oxygens (including phenoxy) is 1. The maximum Gasteiger partial charge on any atom is 0.0682 e. The molecule has 0 bridgehead atoms. The molecule has 0 N–H and O–H groups in total. The van der Waals surface area contributed by atoms with E-state index in [0.29, 0.717) is 0 Å². The molecule has 1 heteroatoms. The summed E-state index contributed by atoms with van der Waals surface area (Å²) in [6.07, 6.45) is 9.04. The Kier molecular flexibility index (Phi) is 1.60. The van der Waals surface area contributed by atoms with E-state index in [2.05, 4.69) is 18.2 Å². The van der Waals surface area contributed by atoms with E-state index in [9.17, 15) is 0 Å². The van der Waals surface area contributed by atoms with Crippen molar-refractivity contribution in [3.63, 3.8) is 0 Å². The minimum absolute atomic E-state index is 0.804. The lowest BCUT2D eigenvalue weighted by Gasteiger charge is -2.26. The lowest BCUT2D eigenvalue weighted by atomic mass is 9.88. The third kappa shape index (κ3) is 1.01. The molecule has 0 radical (unpaired) electrons. The van der Waals surface area contributed by atoms with Gasteiger partial charge in [0.2, 0.25) is 0 Å². The van der Waals surface area contributed by atoms with Gasteiger partial charge in [-0.25, -0.2) is 0 Å². The van der Waals surface area contributed by atoms with Gasteiger partial charge in [-0.2, -0.15) is 0 Å². The first kappa shape index (κ1) is 6.17. The van der Waals surface area contributed by atoms with Gasteiger partial charge >= 0.3 is 0 Å². The molecule has 1 aliphatic carbocycles. The van der Waals surface area contributed by atoms with Crippen LogP contribution in [0.5, 0.6) is 0 Å². The van der Waals surface area contributed by atoms with Crippen LogP contribution in [0.3, 0.4) is 0 Å². The molecule has 1 saturated heterocycles. The Morgan fingerprint density at radius 2 is 2.50 bits per heavy atom. The van der Waals surface area contributed by atoms with Gasteiger partial charge in [-0.15, -0.1) is 0 Å². The summed E-state index contributed by atoms with van der Waals surface area (Å²) >= 11 is 0. The monoisotopic (exact) mass is 136 g/mol. The third-order valence-electron chi connectivity index (χ3n) is 2.27. The summed E-state index contributed by atoms with van der Waals surface area (Å²) in [7, 11) is 0. The number of rotatable bonds is 0. The van der Waals surface area contributed by atoms with Gasteiger partial charge in [0.1, 0.15) is 0 Å². The predicted octanol–water partition coefficient (Wildman–Crippen LogP) is 1.91. The Morgan fingerprint density at radius 1 is 1.50 bits per heavy atom. The lowest BCUT2D eigenvalue weighted by Crippen LogP contribution is -2.19. The fourth-order valence-electron chi connectivity index (χ4n) is 1.61. The molecule has 0 spiro atoms. The first-order chi connectivity index (χ1) is 4.97. The second kappa shape index (κ2) is 2.59. The van der Waals surface area contributed by atoms with Crippen molar-refractivity contribution in [2.24, 2.45) is 5.92 Å². The van der Waals surface area contributed by atoms with E-state index in [-0.39, 0.29) is 0 Å². The van der Waals surface area contributed by atoms with Gasteiger partial charge in [-0.05, 0) is 24.3 Å². The van der Waals surface area contributed by atoms with Gasteiger partial charge in [-0.1, -0.05) is 18.2 Å². The molecule has 0 aromatic rings. The highest BCUT2D eigenvalue weighted by molar-refractivity contribution is 5.22. The molecule has 0 saturated carbocycles. The first-order valence-corrected chi connectivity index (χ1v) is 3.90. The Morgan fingerprint density at radius 3 is 3.40 bits per heavy atom. The zero-order valence-corrected chi connectivity index (χ0v) is 6.05. The average Bonchev–Trinajstić information content (AvgIpc) is 2.05. The quantitative estimate of drug-likeness (QED) is 0.494. The number of hydrogen-bond donors (Lipinski definition) is 0. The minimum atomic E-state index is 0.804. The first-order valence-electron chi connectivity index (χ1n) is 3.90. The van der Waals surface area contributed by atoms with Gasteiger partial charge in [0.25, 0.3) is 0 Å². The summed E-state index contributed by atoms with van der Waals surface area (Å²) in [5, 5.41) is 0.